The molecule has 0 aliphatic heterocycles. The molecule has 0 amide bonds. The number of thiol groups is 1. The zero-order valence-corrected chi connectivity index (χ0v) is 12.3. The normalized spacial score (nSPS) is 17.5. The van der Waals surface area contributed by atoms with Crippen LogP contribution in [0.4, 0.5) is 13.2 Å². The van der Waals surface area contributed by atoms with E-state index in [9.17, 15) is 13.2 Å². The Labute approximate surface area is 127 Å². The van der Waals surface area contributed by atoms with Crippen LogP contribution >= 0.6 is 12.6 Å². The molecule has 1 aromatic carbocycles. The van der Waals surface area contributed by atoms with E-state index in [-0.39, 0.29) is 23.3 Å². The van der Waals surface area contributed by atoms with E-state index >= 15 is 0 Å². The Morgan fingerprint density at radius 2 is 1.95 bits per heavy atom. The van der Waals surface area contributed by atoms with Gasteiger partial charge in [-0.25, -0.2) is 0 Å². The summed E-state index contributed by atoms with van der Waals surface area (Å²) in [5, 5.41) is 8.73. The maximum Gasteiger partial charge on any atom is 0.420 e. The van der Waals surface area contributed by atoms with Crippen LogP contribution in [0.25, 0.3) is 0 Å². The predicted molar refractivity (Wildman–Crippen MR) is 76.4 cm³/mol. The minimum absolute atomic E-state index is 0.0283. The number of ether oxygens (including phenoxy) is 1. The summed E-state index contributed by atoms with van der Waals surface area (Å²) < 4.78 is 44.6. The first kappa shape index (κ1) is 16.0. The highest BCUT2D eigenvalue weighted by atomic mass is 32.1. The summed E-state index contributed by atoms with van der Waals surface area (Å²) in [5.74, 6) is 0.388. The molecule has 21 heavy (non-hydrogen) atoms. The molecule has 0 heterocycles. The SMILES string of the molecule is N#Cc1ccc(OCC2(CS)CCCC2)c(C(F)(F)F)c1. The Morgan fingerprint density at radius 3 is 2.48 bits per heavy atom. The van der Waals surface area contributed by atoms with Gasteiger partial charge in [-0.3, -0.25) is 0 Å². The summed E-state index contributed by atoms with van der Waals surface area (Å²) in [6.45, 7) is 0.228. The lowest BCUT2D eigenvalue weighted by molar-refractivity contribution is -0.139. The molecule has 0 saturated heterocycles. The second kappa shape index (κ2) is 6.18. The monoisotopic (exact) mass is 315 g/mol. The van der Waals surface area contributed by atoms with Crippen molar-refractivity contribution in [2.75, 3.05) is 12.4 Å². The zero-order chi connectivity index (χ0) is 15.5. The number of halogens is 3. The van der Waals surface area contributed by atoms with Crippen molar-refractivity contribution in [2.24, 2.45) is 5.41 Å². The van der Waals surface area contributed by atoms with Gasteiger partial charge in [0.1, 0.15) is 5.75 Å². The first-order valence-corrected chi connectivity index (χ1v) is 7.38. The number of rotatable bonds is 4. The average molecular weight is 315 g/mol. The smallest absolute Gasteiger partial charge is 0.420 e. The molecular weight excluding hydrogens is 299 g/mol. The predicted octanol–water partition coefficient (Wildman–Crippen LogP) is 4.45. The first-order chi connectivity index (χ1) is 9.90. The molecule has 2 rings (SSSR count). The summed E-state index contributed by atoms with van der Waals surface area (Å²) in [7, 11) is 0. The van der Waals surface area contributed by atoms with E-state index in [1.165, 1.54) is 12.1 Å². The van der Waals surface area contributed by atoms with E-state index in [0.29, 0.717) is 5.75 Å². The van der Waals surface area contributed by atoms with Crippen molar-refractivity contribution in [3.63, 3.8) is 0 Å². The molecule has 1 fully saturated rings. The second-order valence-electron chi connectivity index (χ2n) is 5.47. The van der Waals surface area contributed by atoms with Crippen molar-refractivity contribution in [3.8, 4) is 11.8 Å². The van der Waals surface area contributed by atoms with Crippen LogP contribution in [-0.2, 0) is 6.18 Å². The quantitative estimate of drug-likeness (QED) is 0.833. The number of hydrogen-bond acceptors (Lipinski definition) is 3. The van der Waals surface area contributed by atoms with Gasteiger partial charge in [0, 0.05) is 5.41 Å². The molecule has 0 radical (unpaired) electrons. The fraction of sp³-hybridized carbons (Fsp3) is 0.533. The summed E-state index contributed by atoms with van der Waals surface area (Å²) in [4.78, 5) is 0. The van der Waals surface area contributed by atoms with E-state index in [4.69, 9.17) is 10.00 Å². The molecule has 2 nitrogen and oxygen atoms in total. The maximum absolute atomic E-state index is 13.0. The highest BCUT2D eigenvalue weighted by Crippen LogP contribution is 2.41. The molecule has 0 N–H and O–H groups in total. The van der Waals surface area contributed by atoms with Crippen molar-refractivity contribution in [1.29, 1.82) is 5.26 Å². The Kier molecular flexibility index (Phi) is 4.72. The molecule has 114 valence electrons. The molecule has 0 bridgehead atoms. The van der Waals surface area contributed by atoms with Crippen molar-refractivity contribution >= 4 is 12.6 Å². The first-order valence-electron chi connectivity index (χ1n) is 6.75. The van der Waals surface area contributed by atoms with Crippen LogP contribution in [-0.4, -0.2) is 12.4 Å². The molecule has 1 aliphatic rings. The minimum atomic E-state index is -4.54. The maximum atomic E-state index is 13.0. The Bertz CT molecular complexity index is 545. The lowest BCUT2D eigenvalue weighted by atomic mass is 9.90. The van der Waals surface area contributed by atoms with E-state index < -0.39 is 11.7 Å². The highest BCUT2D eigenvalue weighted by molar-refractivity contribution is 7.80. The molecule has 1 aromatic rings. The zero-order valence-electron chi connectivity index (χ0n) is 11.4. The standard InChI is InChI=1S/C15H16F3NOS/c16-15(17,18)12-7-11(8-19)3-4-13(12)20-9-14(10-21)5-1-2-6-14/h3-4,7,21H,1-2,5-6,9-10H2. The van der Waals surface area contributed by atoms with Crippen LogP contribution in [0, 0.1) is 16.7 Å². The van der Waals surface area contributed by atoms with Gasteiger partial charge in [-0.05, 0) is 36.8 Å². The Balaban J connectivity index is 2.22. The summed E-state index contributed by atoms with van der Waals surface area (Å²) in [6.07, 6.45) is -0.568. The van der Waals surface area contributed by atoms with Gasteiger partial charge in [-0.15, -0.1) is 0 Å². The molecule has 0 atom stereocenters. The van der Waals surface area contributed by atoms with E-state index in [1.54, 1.807) is 6.07 Å². The van der Waals surface area contributed by atoms with Crippen LogP contribution in [0.15, 0.2) is 18.2 Å². The number of nitrogens with zero attached hydrogens (tertiary/aromatic N) is 1. The number of alkyl halides is 3. The topological polar surface area (TPSA) is 33.0 Å². The molecule has 0 spiro atoms. The Morgan fingerprint density at radius 1 is 1.29 bits per heavy atom. The van der Waals surface area contributed by atoms with E-state index in [2.05, 4.69) is 12.6 Å². The lowest BCUT2D eigenvalue weighted by Crippen LogP contribution is -2.27. The van der Waals surface area contributed by atoms with Crippen LogP contribution in [0.3, 0.4) is 0 Å². The molecule has 1 saturated carbocycles. The highest BCUT2D eigenvalue weighted by Gasteiger charge is 2.37. The third-order valence-corrected chi connectivity index (χ3v) is 4.62. The summed E-state index contributed by atoms with van der Waals surface area (Å²) in [5.41, 5.74) is -1.06. The van der Waals surface area contributed by atoms with Crippen LogP contribution in [0.2, 0.25) is 0 Å². The largest absolute Gasteiger partial charge is 0.492 e. The third kappa shape index (κ3) is 3.65. The molecular formula is C15H16F3NOS. The van der Waals surface area contributed by atoms with E-state index in [0.717, 1.165) is 31.7 Å². The van der Waals surface area contributed by atoms with Crippen molar-refractivity contribution in [1.82, 2.24) is 0 Å². The number of hydrogen-bond donors (Lipinski definition) is 1. The van der Waals surface area contributed by atoms with Crippen molar-refractivity contribution in [2.45, 2.75) is 31.9 Å². The molecule has 6 heteroatoms. The molecule has 0 aromatic heterocycles. The van der Waals surface area contributed by atoms with Crippen molar-refractivity contribution < 1.29 is 17.9 Å². The lowest BCUT2D eigenvalue weighted by Gasteiger charge is -2.27. The van der Waals surface area contributed by atoms with Crippen LogP contribution < -0.4 is 4.74 Å². The Hall–Kier alpha value is -1.35. The van der Waals surface area contributed by atoms with Gasteiger partial charge in [-0.1, -0.05) is 12.8 Å². The number of benzene rings is 1. The second-order valence-corrected chi connectivity index (χ2v) is 5.79. The summed E-state index contributed by atoms with van der Waals surface area (Å²) >= 11 is 4.32. The fourth-order valence-electron chi connectivity index (χ4n) is 2.65. The van der Waals surface area contributed by atoms with Crippen LogP contribution in [0.1, 0.15) is 36.8 Å². The minimum Gasteiger partial charge on any atom is -0.492 e. The molecule has 1 aliphatic carbocycles. The summed E-state index contributed by atoms with van der Waals surface area (Å²) in [6, 6.07) is 5.11. The van der Waals surface area contributed by atoms with Gasteiger partial charge in [0.05, 0.1) is 23.8 Å². The van der Waals surface area contributed by atoms with Gasteiger partial charge in [0.25, 0.3) is 0 Å². The van der Waals surface area contributed by atoms with Gasteiger partial charge < -0.3 is 4.74 Å². The van der Waals surface area contributed by atoms with Gasteiger partial charge in [0.15, 0.2) is 0 Å². The number of nitriles is 1. The third-order valence-electron chi connectivity index (χ3n) is 3.95. The fourth-order valence-corrected chi connectivity index (χ4v) is 3.06. The van der Waals surface area contributed by atoms with Gasteiger partial charge in [0.2, 0.25) is 0 Å². The van der Waals surface area contributed by atoms with Gasteiger partial charge >= 0.3 is 6.18 Å². The van der Waals surface area contributed by atoms with Gasteiger partial charge in [-0.2, -0.15) is 31.1 Å². The van der Waals surface area contributed by atoms with Crippen LogP contribution in [0.5, 0.6) is 5.75 Å². The van der Waals surface area contributed by atoms with E-state index in [1.807, 2.05) is 0 Å². The average Bonchev–Trinajstić information content (AvgIpc) is 2.93. The van der Waals surface area contributed by atoms with Crippen molar-refractivity contribution in [3.05, 3.63) is 29.3 Å². The molecule has 0 unspecified atom stereocenters.